The average Bonchev–Trinajstić information content (AvgIpc) is 2.52. The van der Waals surface area contributed by atoms with Gasteiger partial charge in [-0.25, -0.2) is 8.88 Å². The lowest BCUT2D eigenvalue weighted by molar-refractivity contribution is 0.295. The number of phosphoric acid groups is 1. The molecule has 0 aromatic heterocycles. The summed E-state index contributed by atoms with van der Waals surface area (Å²) in [5.74, 6) is 0.510. The Morgan fingerprint density at radius 1 is 1.00 bits per heavy atom. The number of benzene rings is 2. The highest BCUT2D eigenvalue weighted by Gasteiger charge is 2.27. The summed E-state index contributed by atoms with van der Waals surface area (Å²) < 4.78 is 20.5. The van der Waals surface area contributed by atoms with E-state index in [4.69, 9.17) is 14.1 Å². The van der Waals surface area contributed by atoms with Gasteiger partial charge < -0.3 is 9.79 Å². The van der Waals surface area contributed by atoms with Crippen LogP contribution in [0.4, 0.5) is 0 Å². The van der Waals surface area contributed by atoms with Gasteiger partial charge in [-0.05, 0) is 11.1 Å². The molecule has 1 atom stereocenters. The largest absolute Gasteiger partial charge is 0.475 e. The molecule has 9 heteroatoms. The summed E-state index contributed by atoms with van der Waals surface area (Å²) in [5, 5.41) is 0. The molecule has 2 rings (SSSR count). The van der Waals surface area contributed by atoms with Crippen LogP contribution in [0.1, 0.15) is 11.1 Å². The highest BCUT2D eigenvalue weighted by atomic mass is 33.1. The highest BCUT2D eigenvalue weighted by Crippen LogP contribution is 2.74. The van der Waals surface area contributed by atoms with E-state index in [1.54, 1.807) is 0 Å². The van der Waals surface area contributed by atoms with Gasteiger partial charge in [0.05, 0.1) is 6.54 Å². The van der Waals surface area contributed by atoms with Crippen molar-refractivity contribution < 1.29 is 18.7 Å². The Bertz CT molecular complexity index is 722. The summed E-state index contributed by atoms with van der Waals surface area (Å²) >= 11 is 5.58. The van der Waals surface area contributed by atoms with Crippen molar-refractivity contribution in [2.75, 3.05) is 0 Å². The van der Waals surface area contributed by atoms with E-state index in [1.165, 1.54) is 11.4 Å². The average molecular weight is 389 g/mol. The van der Waals surface area contributed by atoms with E-state index in [2.05, 4.69) is 17.0 Å². The molecule has 2 aromatic rings. The molecule has 5 nitrogen and oxygen atoms in total. The molecular weight excluding hydrogens is 372 g/mol. The molecule has 0 saturated heterocycles. The van der Waals surface area contributed by atoms with Gasteiger partial charge >= 0.3 is 7.82 Å². The molecule has 23 heavy (non-hydrogen) atoms. The van der Waals surface area contributed by atoms with Crippen LogP contribution < -0.4 is 0 Å². The predicted octanol–water partition coefficient (Wildman–Crippen LogP) is 5.11. The van der Waals surface area contributed by atoms with E-state index >= 15 is 0 Å². The van der Waals surface area contributed by atoms with Gasteiger partial charge in [0.15, 0.2) is 0 Å². The van der Waals surface area contributed by atoms with E-state index in [0.29, 0.717) is 12.3 Å². The van der Waals surface area contributed by atoms with Crippen LogP contribution in [0.2, 0.25) is 0 Å². The Morgan fingerprint density at radius 2 is 1.52 bits per heavy atom. The highest BCUT2D eigenvalue weighted by molar-refractivity contribution is 8.85. The summed E-state index contributed by atoms with van der Waals surface area (Å²) in [6, 6.07) is 19.0. The van der Waals surface area contributed by atoms with Gasteiger partial charge in [-0.1, -0.05) is 84.3 Å². The second-order valence-corrected chi connectivity index (χ2v) is 12.8. The minimum Gasteiger partial charge on any atom is -0.302 e. The van der Waals surface area contributed by atoms with Gasteiger partial charge in [-0.15, -0.1) is 0 Å². The van der Waals surface area contributed by atoms with Gasteiger partial charge in [0.2, 0.25) is 5.69 Å². The Morgan fingerprint density at radius 3 is 2.04 bits per heavy atom. The minimum absolute atomic E-state index is 0.292. The van der Waals surface area contributed by atoms with Gasteiger partial charge in [-0.2, -0.15) is 0 Å². The Labute approximate surface area is 144 Å². The molecule has 0 heterocycles. The van der Waals surface area contributed by atoms with Crippen LogP contribution >= 0.6 is 37.1 Å². The molecule has 0 aliphatic heterocycles. The Balaban J connectivity index is 2.16. The lowest BCUT2D eigenvalue weighted by atomic mass is 10.2. The molecule has 0 bridgehead atoms. The summed E-state index contributed by atoms with van der Waals surface area (Å²) in [4.78, 5) is 18.3. The lowest BCUT2D eigenvalue weighted by Crippen LogP contribution is -1.86. The van der Waals surface area contributed by atoms with Gasteiger partial charge in [0, 0.05) is 5.75 Å². The van der Waals surface area contributed by atoms with Crippen molar-refractivity contribution >= 4 is 37.1 Å². The van der Waals surface area contributed by atoms with Crippen molar-refractivity contribution in [2.45, 2.75) is 12.3 Å². The van der Waals surface area contributed by atoms with E-state index in [9.17, 15) is 4.57 Å². The van der Waals surface area contributed by atoms with Gasteiger partial charge in [-0.3, -0.25) is 4.74 Å². The fourth-order valence-corrected chi connectivity index (χ4v) is 8.29. The monoisotopic (exact) mass is 389 g/mol. The lowest BCUT2D eigenvalue weighted by Gasteiger charge is -2.19. The van der Waals surface area contributed by atoms with E-state index in [1.807, 2.05) is 60.7 Å². The SMILES string of the molecule is O=P(O)(O)OP(S)(=NCc1ccccc1)SCc1ccccc1. The zero-order valence-electron chi connectivity index (χ0n) is 12.1. The van der Waals surface area contributed by atoms with Gasteiger partial charge in [0.25, 0.3) is 0 Å². The number of hydrogen-bond acceptors (Lipinski definition) is 4. The first-order valence-electron chi connectivity index (χ1n) is 6.66. The minimum atomic E-state index is -4.67. The molecule has 0 saturated carbocycles. The third-order valence-electron chi connectivity index (χ3n) is 2.73. The molecular formula is C14H17NO4P2S2. The zero-order chi connectivity index (χ0) is 16.8. The number of rotatable bonds is 7. The molecule has 0 aliphatic rings. The molecule has 1 unspecified atom stereocenters. The molecule has 0 amide bonds. The normalized spacial score (nSPS) is 14.2. The van der Waals surface area contributed by atoms with Crippen LogP contribution in [-0.4, -0.2) is 9.79 Å². The standard InChI is InChI=1S/C14H17NO4P2S2/c16-21(17,18)19-20(22,15-11-13-7-3-1-4-8-13)23-12-14-9-5-2-6-10-14/h1-10,22H,11-12H2,(H2,16,17,18). The summed E-state index contributed by atoms with van der Waals surface area (Å²) in [5.41, 5.74) is -1.00. The molecule has 2 N–H and O–H groups in total. The van der Waals surface area contributed by atoms with Crippen molar-refractivity contribution in [3.8, 4) is 0 Å². The molecule has 0 aliphatic carbocycles. The molecule has 124 valence electrons. The maximum atomic E-state index is 11.2. The first-order valence-corrected chi connectivity index (χ1v) is 12.6. The van der Waals surface area contributed by atoms with E-state index in [-0.39, 0.29) is 0 Å². The second kappa shape index (κ2) is 8.54. The van der Waals surface area contributed by atoms with Crippen LogP contribution in [0.25, 0.3) is 0 Å². The van der Waals surface area contributed by atoms with Crippen molar-refractivity contribution in [3.63, 3.8) is 0 Å². The van der Waals surface area contributed by atoms with Crippen LogP contribution in [0.3, 0.4) is 0 Å². The summed E-state index contributed by atoms with van der Waals surface area (Å²) in [6.45, 7) is 0.292. The van der Waals surface area contributed by atoms with Crippen LogP contribution in [0.5, 0.6) is 0 Å². The van der Waals surface area contributed by atoms with Crippen LogP contribution in [0, 0.1) is 0 Å². The first kappa shape index (κ1) is 18.8. The molecule has 0 spiro atoms. The third-order valence-corrected chi connectivity index (χ3v) is 10.1. The van der Waals surface area contributed by atoms with Crippen molar-refractivity contribution in [2.24, 2.45) is 4.74 Å². The van der Waals surface area contributed by atoms with Gasteiger partial charge in [0.1, 0.15) is 0 Å². The smallest absolute Gasteiger partial charge is 0.302 e. The maximum absolute atomic E-state index is 11.2. The first-order chi connectivity index (χ1) is 10.9. The molecule has 0 fully saturated rings. The van der Waals surface area contributed by atoms with Crippen LogP contribution in [-0.2, 0) is 21.2 Å². The van der Waals surface area contributed by atoms with Crippen molar-refractivity contribution in [3.05, 3.63) is 71.8 Å². The molecule has 2 aromatic carbocycles. The van der Waals surface area contributed by atoms with E-state index < -0.39 is 13.5 Å². The topological polar surface area (TPSA) is 79.1 Å². The Kier molecular flexibility index (Phi) is 6.99. The van der Waals surface area contributed by atoms with E-state index in [0.717, 1.165) is 11.1 Å². The summed E-state index contributed by atoms with van der Waals surface area (Å²) in [7, 11) is -4.67. The maximum Gasteiger partial charge on any atom is 0.475 e. The Hall–Kier alpha value is -0.520. The van der Waals surface area contributed by atoms with Crippen molar-refractivity contribution in [1.82, 2.24) is 0 Å². The fourth-order valence-electron chi connectivity index (χ4n) is 1.72. The number of hydrogen-bond donors (Lipinski definition) is 3. The quantitative estimate of drug-likeness (QED) is 0.453. The fraction of sp³-hybridized carbons (Fsp3) is 0.143. The van der Waals surface area contributed by atoms with Crippen LogP contribution in [0.15, 0.2) is 65.4 Å². The molecule has 0 radical (unpaired) electrons. The zero-order valence-corrected chi connectivity index (χ0v) is 15.6. The predicted molar refractivity (Wildman–Crippen MR) is 99.3 cm³/mol. The van der Waals surface area contributed by atoms with Crippen molar-refractivity contribution in [1.29, 1.82) is 0 Å². The summed E-state index contributed by atoms with van der Waals surface area (Å²) in [6.07, 6.45) is 0. The number of nitrogens with zero attached hydrogens (tertiary/aromatic N) is 1. The number of thiol groups is 1. The third kappa shape index (κ3) is 7.27. The second-order valence-electron chi connectivity index (χ2n) is 4.61.